The second-order valence-corrected chi connectivity index (χ2v) is 3.65. The van der Waals surface area contributed by atoms with Crippen molar-refractivity contribution in [3.8, 4) is 0 Å². The van der Waals surface area contributed by atoms with E-state index in [-0.39, 0.29) is 12.4 Å². The van der Waals surface area contributed by atoms with E-state index in [0.29, 0.717) is 5.52 Å². The summed E-state index contributed by atoms with van der Waals surface area (Å²) in [6.45, 7) is 6.95. The number of benzene rings is 1. The molecular weight excluding hydrogens is 187 g/mol. The molecule has 2 nitrogen and oxygen atoms in total. The van der Waals surface area contributed by atoms with Crippen molar-refractivity contribution in [3.05, 3.63) is 40.4 Å². The molecule has 0 spiro atoms. The molecule has 1 heterocycles. The van der Waals surface area contributed by atoms with Crippen LogP contribution in [0.4, 0.5) is 4.39 Å². The van der Waals surface area contributed by atoms with Gasteiger partial charge in [0.25, 0.3) is 6.54 Å². The summed E-state index contributed by atoms with van der Waals surface area (Å²) in [4.78, 5) is 7.36. The van der Waals surface area contributed by atoms with Crippen LogP contribution in [-0.4, -0.2) is 4.98 Å². The molecule has 0 aliphatic heterocycles. The molecule has 0 saturated heterocycles. The predicted octanol–water partition coefficient (Wildman–Crippen LogP) is 2.85. The van der Waals surface area contributed by atoms with Gasteiger partial charge in [-0.2, -0.15) is 0 Å². The Morgan fingerprint density at radius 1 is 1.54 bits per heavy atom. The third kappa shape index (κ3) is 1.51. The minimum absolute atomic E-state index is 0.279. The lowest BCUT2D eigenvalue weighted by Gasteiger charge is -1.85. The maximum atomic E-state index is 12.7. The molecule has 0 radical (unpaired) electrons. The van der Waals surface area contributed by atoms with E-state index in [0.717, 1.165) is 9.71 Å². The van der Waals surface area contributed by atoms with Gasteiger partial charge in [0.15, 0.2) is 5.01 Å². The number of hydrogen-bond donors (Lipinski definition) is 0. The maximum absolute atomic E-state index is 12.7. The molecule has 0 fully saturated rings. The summed E-state index contributed by atoms with van der Waals surface area (Å²) in [5.74, 6) is -0.285. The summed E-state index contributed by atoms with van der Waals surface area (Å²) in [5.41, 5.74) is 0.642. The number of aromatic nitrogens is 1. The molecular formula is C9H5FN2S. The van der Waals surface area contributed by atoms with E-state index in [1.807, 2.05) is 0 Å². The Balaban J connectivity index is 2.57. The van der Waals surface area contributed by atoms with E-state index < -0.39 is 0 Å². The number of rotatable bonds is 1. The summed E-state index contributed by atoms with van der Waals surface area (Å²) < 4.78 is 13.7. The van der Waals surface area contributed by atoms with E-state index in [4.69, 9.17) is 6.57 Å². The van der Waals surface area contributed by atoms with Crippen LogP contribution in [0.3, 0.4) is 0 Å². The van der Waals surface area contributed by atoms with Crippen LogP contribution in [0, 0.1) is 12.4 Å². The van der Waals surface area contributed by atoms with Gasteiger partial charge in [0.05, 0.1) is 10.2 Å². The Labute approximate surface area is 78.5 Å². The SMILES string of the molecule is [C-]#[N+]Cc1nc2cc(F)ccc2s1. The summed E-state index contributed by atoms with van der Waals surface area (Å²) in [6.07, 6.45) is 0. The van der Waals surface area contributed by atoms with Gasteiger partial charge in [0.1, 0.15) is 5.82 Å². The monoisotopic (exact) mass is 192 g/mol. The molecule has 0 N–H and O–H groups in total. The van der Waals surface area contributed by atoms with Gasteiger partial charge in [-0.1, -0.05) is 0 Å². The largest absolute Gasteiger partial charge is 0.309 e. The Bertz CT molecular complexity index is 484. The Hall–Kier alpha value is -1.47. The molecule has 1 aromatic heterocycles. The molecule has 0 aliphatic rings. The number of thiazole rings is 1. The van der Waals surface area contributed by atoms with Crippen molar-refractivity contribution in [1.29, 1.82) is 0 Å². The fourth-order valence-corrected chi connectivity index (χ4v) is 1.96. The lowest BCUT2D eigenvalue weighted by molar-refractivity contribution is 0.629. The highest BCUT2D eigenvalue weighted by Crippen LogP contribution is 2.22. The van der Waals surface area contributed by atoms with Gasteiger partial charge in [-0.3, -0.25) is 0 Å². The zero-order chi connectivity index (χ0) is 9.26. The van der Waals surface area contributed by atoms with Crippen molar-refractivity contribution >= 4 is 21.6 Å². The van der Waals surface area contributed by atoms with Gasteiger partial charge in [-0.05, 0) is 12.1 Å². The third-order valence-electron chi connectivity index (χ3n) is 1.61. The number of hydrogen-bond acceptors (Lipinski definition) is 2. The second kappa shape index (κ2) is 3.11. The van der Waals surface area contributed by atoms with Crippen molar-refractivity contribution in [2.75, 3.05) is 0 Å². The molecule has 2 rings (SSSR count). The van der Waals surface area contributed by atoms with Crippen molar-refractivity contribution in [2.45, 2.75) is 6.54 Å². The first-order valence-corrected chi connectivity index (χ1v) is 4.49. The van der Waals surface area contributed by atoms with Crippen molar-refractivity contribution in [2.24, 2.45) is 0 Å². The van der Waals surface area contributed by atoms with E-state index >= 15 is 0 Å². The zero-order valence-electron chi connectivity index (χ0n) is 6.62. The fourth-order valence-electron chi connectivity index (χ4n) is 1.08. The first kappa shape index (κ1) is 8.14. The molecule has 2 aromatic rings. The molecule has 64 valence electrons. The first-order chi connectivity index (χ1) is 6.29. The molecule has 0 atom stereocenters. The highest BCUT2D eigenvalue weighted by atomic mass is 32.1. The van der Waals surface area contributed by atoms with Crippen LogP contribution < -0.4 is 0 Å². The topological polar surface area (TPSA) is 17.2 Å². The van der Waals surface area contributed by atoms with E-state index in [1.165, 1.54) is 23.5 Å². The first-order valence-electron chi connectivity index (χ1n) is 3.68. The van der Waals surface area contributed by atoms with Gasteiger partial charge in [0.2, 0.25) is 0 Å². The minimum Gasteiger partial charge on any atom is -0.309 e. The van der Waals surface area contributed by atoms with Crippen LogP contribution >= 0.6 is 11.3 Å². The summed E-state index contributed by atoms with van der Waals surface area (Å²) in [5, 5.41) is 0.746. The normalized spacial score (nSPS) is 10.2. The highest BCUT2D eigenvalue weighted by Gasteiger charge is 2.05. The number of fused-ring (bicyclic) bond motifs is 1. The van der Waals surface area contributed by atoms with Crippen LogP contribution in [0.25, 0.3) is 15.1 Å². The molecule has 0 saturated carbocycles. The average molecular weight is 192 g/mol. The van der Waals surface area contributed by atoms with E-state index in [9.17, 15) is 4.39 Å². The number of nitrogens with zero attached hydrogens (tertiary/aromatic N) is 2. The van der Waals surface area contributed by atoms with Crippen LogP contribution in [-0.2, 0) is 6.54 Å². The summed E-state index contributed by atoms with van der Waals surface area (Å²) in [6, 6.07) is 4.48. The molecule has 13 heavy (non-hydrogen) atoms. The quantitative estimate of drug-likeness (QED) is 0.635. The average Bonchev–Trinajstić information content (AvgIpc) is 2.46. The van der Waals surface area contributed by atoms with Crippen molar-refractivity contribution < 1.29 is 4.39 Å². The number of halogens is 1. The fraction of sp³-hybridized carbons (Fsp3) is 0.111. The zero-order valence-corrected chi connectivity index (χ0v) is 7.44. The second-order valence-electron chi connectivity index (χ2n) is 2.54. The van der Waals surface area contributed by atoms with E-state index in [1.54, 1.807) is 6.07 Å². The van der Waals surface area contributed by atoms with E-state index in [2.05, 4.69) is 9.83 Å². The van der Waals surface area contributed by atoms with Crippen LogP contribution in [0.1, 0.15) is 5.01 Å². The van der Waals surface area contributed by atoms with Gasteiger partial charge in [0, 0.05) is 6.07 Å². The molecule has 1 aromatic carbocycles. The minimum atomic E-state index is -0.285. The highest BCUT2D eigenvalue weighted by molar-refractivity contribution is 7.18. The van der Waals surface area contributed by atoms with Crippen LogP contribution in [0.15, 0.2) is 18.2 Å². The summed E-state index contributed by atoms with van der Waals surface area (Å²) in [7, 11) is 0. The van der Waals surface area contributed by atoms with Crippen LogP contribution in [0.2, 0.25) is 0 Å². The lowest BCUT2D eigenvalue weighted by atomic mass is 10.3. The standard InChI is InChI=1S/C9H5FN2S/c1-11-5-9-12-7-4-6(10)2-3-8(7)13-9/h2-4H,5H2. The Morgan fingerprint density at radius 3 is 3.15 bits per heavy atom. The predicted molar refractivity (Wildman–Crippen MR) is 49.9 cm³/mol. The van der Waals surface area contributed by atoms with Gasteiger partial charge >= 0.3 is 0 Å². The van der Waals surface area contributed by atoms with Crippen LogP contribution in [0.5, 0.6) is 0 Å². The Kier molecular flexibility index (Phi) is 1.95. The van der Waals surface area contributed by atoms with Gasteiger partial charge in [-0.25, -0.2) is 15.9 Å². The molecule has 0 aliphatic carbocycles. The van der Waals surface area contributed by atoms with Crippen molar-refractivity contribution in [3.63, 3.8) is 0 Å². The molecule has 4 heteroatoms. The van der Waals surface area contributed by atoms with Gasteiger partial charge < -0.3 is 4.85 Å². The van der Waals surface area contributed by atoms with Crippen molar-refractivity contribution in [1.82, 2.24) is 4.98 Å². The Morgan fingerprint density at radius 2 is 2.38 bits per heavy atom. The van der Waals surface area contributed by atoms with Gasteiger partial charge in [-0.15, -0.1) is 11.3 Å². The molecule has 0 unspecified atom stereocenters. The molecule has 0 amide bonds. The smallest absolute Gasteiger partial charge is 0.265 e. The maximum Gasteiger partial charge on any atom is 0.265 e. The molecule has 0 bridgehead atoms. The lowest BCUT2D eigenvalue weighted by Crippen LogP contribution is -1.75. The third-order valence-corrected chi connectivity index (χ3v) is 2.63. The summed E-state index contributed by atoms with van der Waals surface area (Å²) >= 11 is 1.44.